The van der Waals surface area contributed by atoms with Crippen LogP contribution in [0.3, 0.4) is 0 Å². The third-order valence-corrected chi connectivity index (χ3v) is 9.65. The van der Waals surface area contributed by atoms with Gasteiger partial charge in [0.25, 0.3) is 5.91 Å². The summed E-state index contributed by atoms with van der Waals surface area (Å²) in [4.78, 5) is 16.2. The van der Waals surface area contributed by atoms with E-state index in [4.69, 9.17) is 5.73 Å². The number of nitrogens with two attached hydrogens (primary N) is 1. The standard InChI is InChI=1S/C24H26F2N4O3S2/c1-13(29-23(31)20-12-34-24(27)30-20)17-10-18(25)16(8-19(17)26)9-21-14(2)28-11-22(35(21,32)33)15-6-4-3-5-7-15/h3-8,10,12-14,21-22,28H,9,11H2,1-2H3,(H2,27,30)(H,29,31)/t13?,14-,21?,22-/m0/s1. The number of thiazole rings is 1. The summed E-state index contributed by atoms with van der Waals surface area (Å²) in [5.41, 5.74) is 6.20. The van der Waals surface area contributed by atoms with Crippen molar-refractivity contribution < 1.29 is 22.0 Å². The Morgan fingerprint density at radius 3 is 2.63 bits per heavy atom. The van der Waals surface area contributed by atoms with E-state index in [0.717, 1.165) is 23.5 Å². The molecule has 11 heteroatoms. The summed E-state index contributed by atoms with van der Waals surface area (Å²) in [6, 6.07) is 9.59. The first-order chi connectivity index (χ1) is 16.6. The van der Waals surface area contributed by atoms with Crippen molar-refractivity contribution in [2.45, 2.75) is 42.9 Å². The second-order valence-corrected chi connectivity index (χ2v) is 11.9. The van der Waals surface area contributed by atoms with Crippen molar-refractivity contribution in [1.82, 2.24) is 15.6 Å². The van der Waals surface area contributed by atoms with Gasteiger partial charge in [-0.25, -0.2) is 22.2 Å². The smallest absolute Gasteiger partial charge is 0.271 e. The minimum atomic E-state index is -3.69. The fourth-order valence-corrected chi connectivity index (χ4v) is 7.26. The number of sulfone groups is 1. The number of benzene rings is 2. The van der Waals surface area contributed by atoms with Gasteiger partial charge in [0.05, 0.1) is 16.5 Å². The van der Waals surface area contributed by atoms with Crippen molar-refractivity contribution in [3.63, 3.8) is 0 Å². The van der Waals surface area contributed by atoms with Crippen LogP contribution in [-0.4, -0.2) is 37.1 Å². The van der Waals surface area contributed by atoms with Crippen molar-refractivity contribution in [1.29, 1.82) is 0 Å². The van der Waals surface area contributed by atoms with Crippen LogP contribution in [-0.2, 0) is 16.3 Å². The van der Waals surface area contributed by atoms with E-state index in [9.17, 15) is 13.2 Å². The number of rotatable bonds is 6. The maximum Gasteiger partial charge on any atom is 0.271 e. The Labute approximate surface area is 206 Å². The normalized spacial score (nSPS) is 22.5. The molecule has 4 N–H and O–H groups in total. The number of anilines is 1. The molecule has 0 radical (unpaired) electrons. The summed E-state index contributed by atoms with van der Waals surface area (Å²) < 4.78 is 57.0. The Balaban J connectivity index is 1.55. The van der Waals surface area contributed by atoms with Crippen molar-refractivity contribution in [2.24, 2.45) is 0 Å². The Hall–Kier alpha value is -2.89. The van der Waals surface area contributed by atoms with E-state index in [0.29, 0.717) is 5.56 Å². The third kappa shape index (κ3) is 5.21. The van der Waals surface area contributed by atoms with Crippen LogP contribution < -0.4 is 16.4 Å². The summed E-state index contributed by atoms with van der Waals surface area (Å²) in [5.74, 6) is -2.03. The van der Waals surface area contributed by atoms with Crippen LogP contribution in [0.5, 0.6) is 0 Å². The van der Waals surface area contributed by atoms with E-state index in [1.165, 1.54) is 12.3 Å². The summed E-state index contributed by atoms with van der Waals surface area (Å²) in [7, 11) is -3.69. The molecule has 1 aliphatic heterocycles. The SMILES string of the molecule is CC(NC(=O)c1csc(N)n1)c1cc(F)c(CC2[C@H](C)NC[C@@H](c3ccccc3)S2(=O)=O)cc1F. The number of hydrogen-bond acceptors (Lipinski definition) is 7. The van der Waals surface area contributed by atoms with Crippen molar-refractivity contribution in [3.8, 4) is 0 Å². The van der Waals surface area contributed by atoms with Crippen LogP contribution >= 0.6 is 11.3 Å². The zero-order chi connectivity index (χ0) is 25.3. The summed E-state index contributed by atoms with van der Waals surface area (Å²) in [6.07, 6.45) is -0.179. The van der Waals surface area contributed by atoms with Crippen molar-refractivity contribution in [3.05, 3.63) is 81.9 Å². The van der Waals surface area contributed by atoms with Gasteiger partial charge in [0.15, 0.2) is 15.0 Å². The number of nitrogens with zero attached hydrogens (tertiary/aromatic N) is 1. The average Bonchev–Trinajstić information content (AvgIpc) is 3.25. The van der Waals surface area contributed by atoms with Gasteiger partial charge in [0, 0.05) is 23.5 Å². The molecule has 0 saturated carbocycles. The number of carbonyl (C=O) groups is 1. The molecule has 1 aromatic heterocycles. The molecule has 4 rings (SSSR count). The molecule has 1 saturated heterocycles. The summed E-state index contributed by atoms with van der Waals surface area (Å²) in [6.45, 7) is 3.50. The fourth-order valence-electron chi connectivity index (χ4n) is 4.35. The minimum Gasteiger partial charge on any atom is -0.375 e. The Morgan fingerprint density at radius 2 is 1.97 bits per heavy atom. The lowest BCUT2D eigenvalue weighted by atomic mass is 9.99. The monoisotopic (exact) mass is 520 g/mol. The number of halogens is 2. The Bertz CT molecular complexity index is 1330. The number of carbonyl (C=O) groups excluding carboxylic acids is 1. The molecule has 35 heavy (non-hydrogen) atoms. The highest BCUT2D eigenvalue weighted by atomic mass is 32.2. The summed E-state index contributed by atoms with van der Waals surface area (Å²) in [5, 5.41) is 5.76. The van der Waals surface area contributed by atoms with Crippen LogP contribution in [0.25, 0.3) is 0 Å². The van der Waals surface area contributed by atoms with Gasteiger partial charge in [-0.2, -0.15) is 0 Å². The quantitative estimate of drug-likeness (QED) is 0.458. The number of hydrogen-bond donors (Lipinski definition) is 3. The molecular weight excluding hydrogens is 494 g/mol. The molecule has 0 bridgehead atoms. The topological polar surface area (TPSA) is 114 Å². The number of aromatic nitrogens is 1. The molecule has 0 spiro atoms. The van der Waals surface area contributed by atoms with E-state index in [1.54, 1.807) is 31.2 Å². The molecular formula is C24H26F2N4O3S2. The Morgan fingerprint density at radius 1 is 1.26 bits per heavy atom. The van der Waals surface area contributed by atoms with E-state index >= 15 is 8.78 Å². The van der Waals surface area contributed by atoms with E-state index < -0.39 is 50.0 Å². The molecule has 7 nitrogen and oxygen atoms in total. The van der Waals surface area contributed by atoms with E-state index in [-0.39, 0.29) is 34.9 Å². The highest BCUT2D eigenvalue weighted by molar-refractivity contribution is 7.92. The highest BCUT2D eigenvalue weighted by Crippen LogP contribution is 2.33. The fraction of sp³-hybridized carbons (Fsp3) is 0.333. The second kappa shape index (κ2) is 10.00. The Kier molecular flexibility index (Phi) is 7.20. The minimum absolute atomic E-state index is 0.0343. The van der Waals surface area contributed by atoms with Crippen LogP contribution in [0.2, 0.25) is 0 Å². The van der Waals surface area contributed by atoms with Gasteiger partial charge in [0.1, 0.15) is 17.3 Å². The highest BCUT2D eigenvalue weighted by Gasteiger charge is 2.42. The molecule has 2 heterocycles. The van der Waals surface area contributed by atoms with E-state index in [2.05, 4.69) is 15.6 Å². The number of amides is 1. The van der Waals surface area contributed by atoms with Gasteiger partial charge in [-0.05, 0) is 43.5 Å². The largest absolute Gasteiger partial charge is 0.375 e. The predicted octanol–water partition coefficient (Wildman–Crippen LogP) is 3.55. The van der Waals surface area contributed by atoms with Crippen LogP contribution in [0.4, 0.5) is 13.9 Å². The van der Waals surface area contributed by atoms with Crippen molar-refractivity contribution >= 4 is 32.2 Å². The van der Waals surface area contributed by atoms with Gasteiger partial charge in [0.2, 0.25) is 0 Å². The first-order valence-corrected chi connectivity index (χ1v) is 13.6. The second-order valence-electron chi connectivity index (χ2n) is 8.66. The first kappa shape index (κ1) is 25.2. The molecule has 2 aromatic carbocycles. The lowest BCUT2D eigenvalue weighted by Crippen LogP contribution is -2.53. The van der Waals surface area contributed by atoms with Gasteiger partial charge in [-0.3, -0.25) is 4.79 Å². The van der Waals surface area contributed by atoms with Gasteiger partial charge in [-0.1, -0.05) is 30.3 Å². The van der Waals surface area contributed by atoms with Crippen LogP contribution in [0, 0.1) is 11.6 Å². The molecule has 1 fully saturated rings. The molecule has 186 valence electrons. The maximum atomic E-state index is 15.1. The predicted molar refractivity (Wildman–Crippen MR) is 132 cm³/mol. The molecule has 1 aliphatic rings. The van der Waals surface area contributed by atoms with Gasteiger partial charge in [-0.15, -0.1) is 11.3 Å². The van der Waals surface area contributed by atoms with Gasteiger partial charge >= 0.3 is 0 Å². The lowest BCUT2D eigenvalue weighted by Gasteiger charge is -2.35. The van der Waals surface area contributed by atoms with E-state index in [1.807, 2.05) is 6.07 Å². The molecule has 4 atom stereocenters. The first-order valence-electron chi connectivity index (χ1n) is 11.1. The van der Waals surface area contributed by atoms with Crippen molar-refractivity contribution in [2.75, 3.05) is 12.3 Å². The lowest BCUT2D eigenvalue weighted by molar-refractivity contribution is 0.0935. The summed E-state index contributed by atoms with van der Waals surface area (Å²) >= 11 is 1.10. The molecule has 0 aliphatic carbocycles. The molecule has 3 aromatic rings. The number of nitrogens with one attached hydrogen (secondary N) is 2. The molecule has 1 amide bonds. The van der Waals surface area contributed by atoms with Crippen LogP contribution in [0.1, 0.15) is 52.3 Å². The zero-order valence-electron chi connectivity index (χ0n) is 19.2. The van der Waals surface area contributed by atoms with Crippen LogP contribution in [0.15, 0.2) is 47.8 Å². The average molecular weight is 521 g/mol. The number of nitrogen functional groups attached to an aromatic ring is 1. The third-order valence-electron chi connectivity index (χ3n) is 6.33. The molecule has 2 unspecified atom stereocenters. The maximum absolute atomic E-state index is 15.1. The van der Waals surface area contributed by atoms with Gasteiger partial charge < -0.3 is 16.4 Å². The zero-order valence-corrected chi connectivity index (χ0v) is 20.8.